The highest BCUT2D eigenvalue weighted by Gasteiger charge is 2.62. The Balaban J connectivity index is 1.72. The standard InChI is InChI=1S/C27H23FN2O2/c1-18-27(26(32)30(29-18)22-10-6-3-7-11-22)24(19-8-4-2-5-9-19)16-23(31)17-25(27)20-12-14-21(28)15-13-20/h2-15,24-25H,16-17H2,1H3/t24-,25-,27-/m1/s1. The molecule has 0 radical (unpaired) electrons. The normalized spacial score (nSPS) is 25.3. The van der Waals surface area contributed by atoms with E-state index in [-0.39, 0.29) is 36.3 Å². The quantitative estimate of drug-likeness (QED) is 0.558. The smallest absolute Gasteiger partial charge is 0.260 e. The fraction of sp³-hybridized carbons (Fsp3) is 0.222. The maximum atomic E-state index is 14.3. The van der Waals surface area contributed by atoms with Gasteiger partial charge >= 0.3 is 0 Å². The molecule has 0 unspecified atom stereocenters. The summed E-state index contributed by atoms with van der Waals surface area (Å²) in [4.78, 5) is 27.2. The van der Waals surface area contributed by atoms with Crippen LogP contribution in [-0.2, 0) is 9.59 Å². The highest BCUT2D eigenvalue weighted by molar-refractivity contribution is 6.21. The molecule has 1 heterocycles. The Morgan fingerprint density at radius 2 is 1.34 bits per heavy atom. The molecule has 32 heavy (non-hydrogen) atoms. The van der Waals surface area contributed by atoms with Crippen molar-refractivity contribution in [3.63, 3.8) is 0 Å². The SMILES string of the molecule is CC1=NN(c2ccccc2)C(=O)[C@@]12[C@@H](c1ccccc1)CC(=O)C[C@@H]2c1ccc(F)cc1. The molecule has 1 saturated carbocycles. The zero-order chi connectivity index (χ0) is 22.3. The second-order valence-corrected chi connectivity index (χ2v) is 8.52. The Morgan fingerprint density at radius 3 is 1.94 bits per heavy atom. The molecule has 1 spiro atoms. The fourth-order valence-corrected chi connectivity index (χ4v) is 5.40. The van der Waals surface area contributed by atoms with Crippen LogP contribution < -0.4 is 5.01 Å². The lowest BCUT2D eigenvalue weighted by Crippen LogP contribution is -2.52. The number of amides is 1. The minimum atomic E-state index is -1.02. The number of halogens is 1. The Labute approximate surface area is 186 Å². The summed E-state index contributed by atoms with van der Waals surface area (Å²) in [5, 5.41) is 6.20. The zero-order valence-corrected chi connectivity index (χ0v) is 17.7. The van der Waals surface area contributed by atoms with E-state index in [0.717, 1.165) is 11.1 Å². The third kappa shape index (κ3) is 3.08. The van der Waals surface area contributed by atoms with Crippen molar-refractivity contribution in [1.82, 2.24) is 0 Å². The largest absolute Gasteiger partial charge is 0.300 e. The molecule has 0 N–H and O–H groups in total. The van der Waals surface area contributed by atoms with Gasteiger partial charge in [0, 0.05) is 24.7 Å². The van der Waals surface area contributed by atoms with Gasteiger partial charge in [0.2, 0.25) is 0 Å². The summed E-state index contributed by atoms with van der Waals surface area (Å²) in [6.45, 7) is 1.88. The van der Waals surface area contributed by atoms with Gasteiger partial charge in [0.25, 0.3) is 5.91 Å². The minimum absolute atomic E-state index is 0.0950. The Bertz CT molecular complexity index is 1190. The Morgan fingerprint density at radius 1 is 0.812 bits per heavy atom. The summed E-state index contributed by atoms with van der Waals surface area (Å²) in [7, 11) is 0. The van der Waals surface area contributed by atoms with Gasteiger partial charge in [-0.3, -0.25) is 9.59 Å². The summed E-state index contributed by atoms with van der Waals surface area (Å²) < 4.78 is 13.7. The molecule has 0 aromatic heterocycles. The van der Waals surface area contributed by atoms with E-state index in [1.165, 1.54) is 17.1 Å². The van der Waals surface area contributed by atoms with Crippen LogP contribution in [0, 0.1) is 11.2 Å². The van der Waals surface area contributed by atoms with Crippen molar-refractivity contribution < 1.29 is 14.0 Å². The number of benzene rings is 3. The van der Waals surface area contributed by atoms with E-state index >= 15 is 0 Å². The summed E-state index contributed by atoms with van der Waals surface area (Å²) in [6.07, 6.45) is 0.485. The van der Waals surface area contributed by atoms with Crippen LogP contribution in [0.1, 0.15) is 42.7 Å². The van der Waals surface area contributed by atoms with Crippen LogP contribution in [0.5, 0.6) is 0 Å². The molecule has 3 aromatic carbocycles. The highest BCUT2D eigenvalue weighted by Crippen LogP contribution is 2.58. The van der Waals surface area contributed by atoms with Gasteiger partial charge in [-0.05, 0) is 42.3 Å². The number of hydrogen-bond donors (Lipinski definition) is 0. The topological polar surface area (TPSA) is 49.7 Å². The summed E-state index contributed by atoms with van der Waals surface area (Å²) >= 11 is 0. The van der Waals surface area contributed by atoms with Crippen molar-refractivity contribution in [2.45, 2.75) is 31.6 Å². The van der Waals surface area contributed by atoms with E-state index < -0.39 is 11.3 Å². The number of carbonyl (C=O) groups is 2. The van der Waals surface area contributed by atoms with E-state index in [0.29, 0.717) is 11.4 Å². The summed E-state index contributed by atoms with van der Waals surface area (Å²) in [5.74, 6) is -1.18. The molecule has 5 rings (SSSR count). The van der Waals surface area contributed by atoms with Crippen molar-refractivity contribution >= 4 is 23.1 Å². The van der Waals surface area contributed by atoms with Crippen molar-refractivity contribution in [1.29, 1.82) is 0 Å². The number of nitrogens with zero attached hydrogens (tertiary/aromatic N) is 2. The van der Waals surface area contributed by atoms with Gasteiger partial charge in [-0.1, -0.05) is 60.7 Å². The van der Waals surface area contributed by atoms with Crippen LogP contribution in [0.4, 0.5) is 10.1 Å². The number of rotatable bonds is 3. The van der Waals surface area contributed by atoms with Crippen LogP contribution in [0.25, 0.3) is 0 Å². The van der Waals surface area contributed by atoms with E-state index in [1.54, 1.807) is 12.1 Å². The fourth-order valence-electron chi connectivity index (χ4n) is 5.40. The molecule has 0 saturated heterocycles. The molecule has 0 bridgehead atoms. The molecule has 3 aromatic rings. The molecule has 2 aliphatic rings. The predicted octanol–water partition coefficient (Wildman–Crippen LogP) is 5.47. The lowest BCUT2D eigenvalue weighted by Gasteiger charge is -2.45. The zero-order valence-electron chi connectivity index (χ0n) is 17.7. The molecule has 160 valence electrons. The van der Waals surface area contributed by atoms with Crippen molar-refractivity contribution in [2.24, 2.45) is 10.5 Å². The van der Waals surface area contributed by atoms with E-state index in [4.69, 9.17) is 5.10 Å². The van der Waals surface area contributed by atoms with Gasteiger partial charge in [0.15, 0.2) is 0 Å². The first-order valence-electron chi connectivity index (χ1n) is 10.8. The average molecular weight is 426 g/mol. The Kier molecular flexibility index (Phi) is 4.97. The van der Waals surface area contributed by atoms with Crippen LogP contribution in [0.2, 0.25) is 0 Å². The number of anilines is 1. The molecule has 1 aliphatic heterocycles. The molecular weight excluding hydrogens is 403 g/mol. The number of hydrazone groups is 1. The van der Waals surface area contributed by atoms with Crippen molar-refractivity contribution in [3.8, 4) is 0 Å². The molecule has 4 nitrogen and oxygen atoms in total. The maximum Gasteiger partial charge on any atom is 0.260 e. The number of carbonyl (C=O) groups excluding carboxylic acids is 2. The molecule has 3 atom stereocenters. The third-order valence-electron chi connectivity index (χ3n) is 6.83. The van der Waals surface area contributed by atoms with Crippen LogP contribution >= 0.6 is 0 Å². The predicted molar refractivity (Wildman–Crippen MR) is 122 cm³/mol. The number of Topliss-reactive ketones (excluding diaryl/α,β-unsaturated/α-hetero) is 1. The van der Waals surface area contributed by atoms with Crippen LogP contribution in [-0.4, -0.2) is 17.4 Å². The molecule has 1 fully saturated rings. The van der Waals surface area contributed by atoms with Crippen molar-refractivity contribution in [3.05, 3.63) is 102 Å². The molecule has 1 aliphatic carbocycles. The van der Waals surface area contributed by atoms with Gasteiger partial charge in [-0.2, -0.15) is 10.1 Å². The lowest BCUT2D eigenvalue weighted by molar-refractivity contribution is -0.131. The highest BCUT2D eigenvalue weighted by atomic mass is 19.1. The second-order valence-electron chi connectivity index (χ2n) is 8.52. The second kappa shape index (κ2) is 7.83. The van der Waals surface area contributed by atoms with Crippen LogP contribution in [0.3, 0.4) is 0 Å². The van der Waals surface area contributed by atoms with Gasteiger partial charge in [0.1, 0.15) is 17.0 Å². The average Bonchev–Trinajstić information content (AvgIpc) is 3.08. The van der Waals surface area contributed by atoms with Gasteiger partial charge in [-0.15, -0.1) is 0 Å². The first kappa shape index (κ1) is 20.3. The van der Waals surface area contributed by atoms with Crippen molar-refractivity contribution in [2.75, 3.05) is 5.01 Å². The van der Waals surface area contributed by atoms with E-state index in [9.17, 15) is 14.0 Å². The lowest BCUT2D eigenvalue weighted by atomic mass is 9.54. The third-order valence-corrected chi connectivity index (χ3v) is 6.83. The molecule has 5 heteroatoms. The Hall–Kier alpha value is -3.60. The van der Waals surface area contributed by atoms with Gasteiger partial charge in [-0.25, -0.2) is 4.39 Å². The number of para-hydroxylation sites is 1. The van der Waals surface area contributed by atoms with Crippen LogP contribution in [0.15, 0.2) is 90.0 Å². The minimum Gasteiger partial charge on any atom is -0.300 e. The van der Waals surface area contributed by atoms with Gasteiger partial charge < -0.3 is 0 Å². The summed E-state index contributed by atoms with van der Waals surface area (Å²) in [6, 6.07) is 25.2. The molecule has 1 amide bonds. The van der Waals surface area contributed by atoms with Gasteiger partial charge in [0.05, 0.1) is 11.4 Å². The summed E-state index contributed by atoms with van der Waals surface area (Å²) in [5.41, 5.74) is 2.06. The number of hydrogen-bond acceptors (Lipinski definition) is 3. The molecular formula is C27H23FN2O2. The monoisotopic (exact) mass is 426 g/mol. The first-order chi connectivity index (χ1) is 15.5. The van der Waals surface area contributed by atoms with E-state index in [2.05, 4.69) is 0 Å². The number of ketones is 1. The van der Waals surface area contributed by atoms with E-state index in [1.807, 2.05) is 67.6 Å². The maximum absolute atomic E-state index is 14.3. The first-order valence-corrected chi connectivity index (χ1v) is 10.8.